The van der Waals surface area contributed by atoms with Crippen LogP contribution in [0.25, 0.3) is 11.5 Å². The normalized spacial score (nSPS) is 10.1. The molecule has 60 valence electrons. The molecule has 0 radical (unpaired) electrons. The molecule has 0 fully saturated rings. The molecule has 0 unspecified atom stereocenters. The molecule has 12 heavy (non-hydrogen) atoms. The Balaban J connectivity index is 2.45. The van der Waals surface area contributed by atoms with Gasteiger partial charge in [-0.15, -0.1) is 0 Å². The van der Waals surface area contributed by atoms with Gasteiger partial charge in [-0.25, -0.2) is 9.97 Å². The van der Waals surface area contributed by atoms with Crippen LogP contribution in [-0.4, -0.2) is 19.9 Å². The van der Waals surface area contributed by atoms with Crippen LogP contribution in [-0.2, 0) is 0 Å². The number of rotatable bonds is 1. The number of hydrogen-bond donors (Lipinski definition) is 1. The van der Waals surface area contributed by atoms with E-state index in [1.165, 1.54) is 0 Å². The molecule has 0 atom stereocenters. The topological polar surface area (TPSA) is 54.5 Å². The van der Waals surface area contributed by atoms with Crippen LogP contribution < -0.4 is 0 Å². The molecule has 0 aliphatic heterocycles. The first-order valence-corrected chi connectivity index (χ1v) is 4.41. The van der Waals surface area contributed by atoms with E-state index >= 15 is 0 Å². The zero-order chi connectivity index (χ0) is 8.39. The third-order valence-corrected chi connectivity index (χ3v) is 1.90. The SMILES string of the molecule is Ic1cnc(-c2cnccn2)[nH]1. The summed E-state index contributed by atoms with van der Waals surface area (Å²) in [6.45, 7) is 0. The van der Waals surface area contributed by atoms with Gasteiger partial charge in [0, 0.05) is 12.4 Å². The summed E-state index contributed by atoms with van der Waals surface area (Å²) in [5, 5.41) is 0. The minimum absolute atomic E-state index is 0.757. The maximum Gasteiger partial charge on any atom is 0.158 e. The molecule has 2 aromatic heterocycles. The lowest BCUT2D eigenvalue weighted by Crippen LogP contribution is -1.85. The highest BCUT2D eigenvalue weighted by Gasteiger charge is 2.01. The van der Waals surface area contributed by atoms with E-state index in [2.05, 4.69) is 42.5 Å². The fraction of sp³-hybridized carbons (Fsp3) is 0. The first-order valence-electron chi connectivity index (χ1n) is 3.33. The van der Waals surface area contributed by atoms with E-state index in [9.17, 15) is 0 Å². The zero-order valence-electron chi connectivity index (χ0n) is 6.03. The third-order valence-electron chi connectivity index (χ3n) is 1.35. The third kappa shape index (κ3) is 1.45. The van der Waals surface area contributed by atoms with Crippen LogP contribution in [0.5, 0.6) is 0 Å². The van der Waals surface area contributed by atoms with Gasteiger partial charge < -0.3 is 4.98 Å². The Kier molecular flexibility index (Phi) is 2.03. The van der Waals surface area contributed by atoms with Crippen molar-refractivity contribution in [3.63, 3.8) is 0 Å². The van der Waals surface area contributed by atoms with E-state index in [-0.39, 0.29) is 0 Å². The highest BCUT2D eigenvalue weighted by atomic mass is 127. The Morgan fingerprint density at radius 2 is 2.08 bits per heavy atom. The Morgan fingerprint density at radius 3 is 2.67 bits per heavy atom. The van der Waals surface area contributed by atoms with E-state index in [4.69, 9.17) is 0 Å². The number of H-pyrrole nitrogens is 1. The Bertz CT molecular complexity index is 370. The van der Waals surface area contributed by atoms with Crippen molar-refractivity contribution in [3.05, 3.63) is 28.5 Å². The van der Waals surface area contributed by atoms with Crippen LogP contribution in [0.2, 0.25) is 0 Å². The second-order valence-corrected chi connectivity index (χ2v) is 3.33. The number of nitrogens with one attached hydrogen (secondary N) is 1. The average molecular weight is 272 g/mol. The number of halogens is 1. The van der Waals surface area contributed by atoms with Gasteiger partial charge in [-0.1, -0.05) is 0 Å². The number of aromatic amines is 1. The monoisotopic (exact) mass is 272 g/mol. The number of hydrogen-bond acceptors (Lipinski definition) is 3. The molecule has 0 aliphatic rings. The van der Waals surface area contributed by atoms with Crippen LogP contribution in [0.1, 0.15) is 0 Å². The van der Waals surface area contributed by atoms with Crippen molar-refractivity contribution in [2.45, 2.75) is 0 Å². The number of imidazole rings is 1. The standard InChI is InChI=1S/C7H5IN4/c8-6-4-11-7(12-6)5-3-9-1-2-10-5/h1-4H,(H,11,12). The molecule has 0 spiro atoms. The van der Waals surface area contributed by atoms with E-state index in [0.717, 1.165) is 15.2 Å². The summed E-state index contributed by atoms with van der Waals surface area (Å²) >= 11 is 2.16. The zero-order valence-corrected chi connectivity index (χ0v) is 8.19. The van der Waals surface area contributed by atoms with Crippen LogP contribution in [0, 0.1) is 3.70 Å². The summed E-state index contributed by atoms with van der Waals surface area (Å²) in [6.07, 6.45) is 6.71. The Hall–Kier alpha value is -0.980. The van der Waals surface area contributed by atoms with E-state index in [1.807, 2.05) is 0 Å². The van der Waals surface area contributed by atoms with Gasteiger partial charge in [0.05, 0.1) is 16.1 Å². The van der Waals surface area contributed by atoms with Crippen LogP contribution >= 0.6 is 22.6 Å². The lowest BCUT2D eigenvalue weighted by atomic mass is 10.4. The maximum atomic E-state index is 4.12. The highest BCUT2D eigenvalue weighted by Crippen LogP contribution is 2.11. The smallest absolute Gasteiger partial charge is 0.158 e. The van der Waals surface area contributed by atoms with E-state index in [1.54, 1.807) is 24.8 Å². The molecule has 0 aliphatic carbocycles. The van der Waals surface area contributed by atoms with Gasteiger partial charge in [-0.2, -0.15) is 0 Å². The van der Waals surface area contributed by atoms with Crippen molar-refractivity contribution in [2.75, 3.05) is 0 Å². The predicted molar refractivity (Wildman–Crippen MR) is 52.3 cm³/mol. The van der Waals surface area contributed by atoms with Gasteiger partial charge in [-0.3, -0.25) is 4.98 Å². The summed E-state index contributed by atoms with van der Waals surface area (Å²) in [5.41, 5.74) is 0.764. The van der Waals surface area contributed by atoms with E-state index in [0.29, 0.717) is 0 Å². The molecule has 0 aromatic carbocycles. The quantitative estimate of drug-likeness (QED) is 0.800. The van der Waals surface area contributed by atoms with Gasteiger partial charge in [0.25, 0.3) is 0 Å². The summed E-state index contributed by atoms with van der Waals surface area (Å²) in [6, 6.07) is 0. The van der Waals surface area contributed by atoms with Crippen LogP contribution in [0.15, 0.2) is 24.8 Å². The predicted octanol–water partition coefficient (Wildman–Crippen LogP) is 1.47. The molecule has 0 bridgehead atoms. The molecule has 0 saturated carbocycles. The van der Waals surface area contributed by atoms with Crippen molar-refractivity contribution in [1.29, 1.82) is 0 Å². The van der Waals surface area contributed by atoms with Gasteiger partial charge in [0.2, 0.25) is 0 Å². The first kappa shape index (κ1) is 7.66. The van der Waals surface area contributed by atoms with Gasteiger partial charge in [-0.05, 0) is 22.6 Å². The summed E-state index contributed by atoms with van der Waals surface area (Å²) in [4.78, 5) is 15.2. The van der Waals surface area contributed by atoms with Crippen LogP contribution in [0.3, 0.4) is 0 Å². The molecule has 2 heterocycles. The van der Waals surface area contributed by atoms with E-state index < -0.39 is 0 Å². The van der Waals surface area contributed by atoms with Crippen molar-refractivity contribution in [2.24, 2.45) is 0 Å². The van der Waals surface area contributed by atoms with Crippen molar-refractivity contribution >= 4 is 22.6 Å². The molecular formula is C7H5IN4. The Morgan fingerprint density at radius 1 is 1.17 bits per heavy atom. The van der Waals surface area contributed by atoms with Crippen LogP contribution in [0.4, 0.5) is 0 Å². The molecule has 0 saturated heterocycles. The summed E-state index contributed by atoms with van der Waals surface area (Å²) in [5.74, 6) is 0.757. The number of aromatic nitrogens is 4. The molecule has 4 nitrogen and oxygen atoms in total. The number of nitrogens with zero attached hydrogens (tertiary/aromatic N) is 3. The summed E-state index contributed by atoms with van der Waals surface area (Å²) in [7, 11) is 0. The van der Waals surface area contributed by atoms with Crippen molar-refractivity contribution in [3.8, 4) is 11.5 Å². The minimum atomic E-state index is 0.757. The molecular weight excluding hydrogens is 267 g/mol. The molecule has 2 aromatic rings. The van der Waals surface area contributed by atoms with Gasteiger partial charge >= 0.3 is 0 Å². The lowest BCUT2D eigenvalue weighted by Gasteiger charge is -1.91. The summed E-state index contributed by atoms with van der Waals surface area (Å²) < 4.78 is 0.994. The fourth-order valence-corrected chi connectivity index (χ4v) is 1.25. The fourth-order valence-electron chi connectivity index (χ4n) is 0.850. The molecule has 0 amide bonds. The lowest BCUT2D eigenvalue weighted by molar-refractivity contribution is 1.16. The van der Waals surface area contributed by atoms with Gasteiger partial charge in [0.1, 0.15) is 5.69 Å². The highest BCUT2D eigenvalue weighted by molar-refractivity contribution is 14.1. The molecule has 5 heteroatoms. The largest absolute Gasteiger partial charge is 0.332 e. The van der Waals surface area contributed by atoms with Crippen molar-refractivity contribution < 1.29 is 0 Å². The first-order chi connectivity index (χ1) is 5.86. The second-order valence-electron chi connectivity index (χ2n) is 2.17. The van der Waals surface area contributed by atoms with Crippen molar-refractivity contribution in [1.82, 2.24) is 19.9 Å². The minimum Gasteiger partial charge on any atom is -0.332 e. The Labute approximate surface area is 82.6 Å². The second kappa shape index (κ2) is 3.18. The average Bonchev–Trinajstić information content (AvgIpc) is 2.54. The maximum absolute atomic E-state index is 4.12. The van der Waals surface area contributed by atoms with Gasteiger partial charge in [0.15, 0.2) is 5.82 Å². The molecule has 2 rings (SSSR count). The molecule has 1 N–H and O–H groups in total.